The van der Waals surface area contributed by atoms with Gasteiger partial charge in [-0.1, -0.05) is 67.9 Å². The van der Waals surface area contributed by atoms with E-state index in [1.807, 2.05) is 66.1 Å². The van der Waals surface area contributed by atoms with Crippen LogP contribution in [0.25, 0.3) is 22.2 Å². The van der Waals surface area contributed by atoms with Gasteiger partial charge in [-0.05, 0) is 29.7 Å². The molecule has 4 aromatic rings. The number of unbranched alkanes of at least 4 members (excludes halogenated alkanes) is 1. The first kappa shape index (κ1) is 37.9. The van der Waals surface area contributed by atoms with Crippen LogP contribution in [0.1, 0.15) is 37.3 Å². The molecule has 50 heavy (non-hydrogen) atoms. The average molecular weight is 697 g/mol. The van der Waals surface area contributed by atoms with E-state index in [0.29, 0.717) is 56.0 Å². The Bertz CT molecular complexity index is 1730. The Labute approximate surface area is 289 Å². The lowest BCUT2D eigenvalue weighted by Gasteiger charge is -2.23. The first-order chi connectivity index (χ1) is 24.1. The van der Waals surface area contributed by atoms with Crippen molar-refractivity contribution < 1.29 is 37.0 Å². The molecule has 0 radical (unpaired) electrons. The molecule has 1 amide bonds. The zero-order valence-electron chi connectivity index (χ0n) is 28.2. The number of aliphatic imine (C=N–C) groups is 1. The number of hydrogen-bond acceptors (Lipinski definition) is 8. The van der Waals surface area contributed by atoms with Gasteiger partial charge in [0.25, 0.3) is 5.91 Å². The molecule has 0 fully saturated rings. The number of ether oxygens (including phenoxy) is 3. The number of nitrogens with zero attached hydrogens (tertiary/aromatic N) is 3. The van der Waals surface area contributed by atoms with Gasteiger partial charge in [0.15, 0.2) is 12.1 Å². The number of guanidine groups is 1. The predicted molar refractivity (Wildman–Crippen MR) is 184 cm³/mol. The minimum absolute atomic E-state index is 0.213. The van der Waals surface area contributed by atoms with E-state index in [1.165, 1.54) is 0 Å². The molecule has 14 heteroatoms. The highest BCUT2D eigenvalue weighted by Crippen LogP contribution is 2.36. The summed E-state index contributed by atoms with van der Waals surface area (Å²) in [5.41, 5.74) is 10.3. The Kier molecular flexibility index (Phi) is 14.2. The molecule has 0 saturated carbocycles. The van der Waals surface area contributed by atoms with Crippen molar-refractivity contribution >= 4 is 28.9 Å². The van der Waals surface area contributed by atoms with E-state index in [0.717, 1.165) is 28.6 Å². The highest BCUT2D eigenvalue weighted by Gasteiger charge is 2.43. The molecule has 1 heterocycles. The fourth-order valence-electron chi connectivity index (χ4n) is 5.23. The molecule has 0 bridgehead atoms. The molecule has 11 nitrogen and oxygen atoms in total. The van der Waals surface area contributed by atoms with Crippen LogP contribution < -0.4 is 21.1 Å². The first-order valence-electron chi connectivity index (χ1n) is 16.4. The molecule has 0 saturated heterocycles. The summed E-state index contributed by atoms with van der Waals surface area (Å²) in [5, 5.41) is 5.71. The zero-order chi connectivity index (χ0) is 35.9. The topological polar surface area (TPSA) is 142 Å². The second-order valence-corrected chi connectivity index (χ2v) is 11.4. The molecule has 0 aliphatic rings. The number of carbonyl (C=O) groups is 2. The number of nitrogens with one attached hydrogen (secondary N) is 2. The Balaban J connectivity index is 1.69. The number of imidazole rings is 1. The maximum atomic E-state index is 13.4. The number of para-hydroxylation sites is 2. The van der Waals surface area contributed by atoms with Gasteiger partial charge in [-0.2, -0.15) is 13.2 Å². The van der Waals surface area contributed by atoms with Crippen molar-refractivity contribution in [3.8, 4) is 16.9 Å². The predicted octanol–water partition coefficient (Wildman–Crippen LogP) is 5.16. The van der Waals surface area contributed by atoms with E-state index in [-0.39, 0.29) is 19.1 Å². The molecule has 268 valence electrons. The molecule has 3 aromatic carbocycles. The number of benzene rings is 3. The number of esters is 1. The zero-order valence-corrected chi connectivity index (χ0v) is 28.2. The lowest BCUT2D eigenvalue weighted by atomic mass is 9.94. The van der Waals surface area contributed by atoms with Gasteiger partial charge in [-0.25, -0.2) is 9.78 Å². The molecular weight excluding hydrogens is 653 g/mol. The number of fused-ring (bicyclic) bond motifs is 1. The number of methoxy groups -OCH3 is 1. The monoisotopic (exact) mass is 696 g/mol. The summed E-state index contributed by atoms with van der Waals surface area (Å²) in [6.45, 7) is 4.27. The van der Waals surface area contributed by atoms with Gasteiger partial charge in [0.2, 0.25) is 0 Å². The quantitative estimate of drug-likeness (QED) is 0.0561. The minimum atomic E-state index is -5.33. The third-order valence-corrected chi connectivity index (χ3v) is 7.76. The van der Waals surface area contributed by atoms with E-state index in [4.69, 9.17) is 19.9 Å². The summed E-state index contributed by atoms with van der Waals surface area (Å²) < 4.78 is 58.5. The number of amides is 1. The molecule has 0 aliphatic heterocycles. The molecule has 4 N–H and O–H groups in total. The van der Waals surface area contributed by atoms with E-state index < -0.39 is 30.6 Å². The van der Waals surface area contributed by atoms with Gasteiger partial charge in [0, 0.05) is 63.9 Å². The van der Waals surface area contributed by atoms with Crippen LogP contribution in [0.3, 0.4) is 0 Å². The lowest BCUT2D eigenvalue weighted by Crippen LogP contribution is -2.46. The van der Waals surface area contributed by atoms with Crippen LogP contribution in [-0.2, 0) is 38.6 Å². The summed E-state index contributed by atoms with van der Waals surface area (Å²) in [7, 11) is 1.59. The van der Waals surface area contributed by atoms with Gasteiger partial charge in [-0.3, -0.25) is 15.1 Å². The van der Waals surface area contributed by atoms with Crippen LogP contribution in [0.15, 0.2) is 78.0 Å². The summed E-state index contributed by atoms with van der Waals surface area (Å²) >= 11 is 0. The van der Waals surface area contributed by atoms with Crippen molar-refractivity contribution in [2.45, 2.75) is 58.0 Å². The summed E-state index contributed by atoms with van der Waals surface area (Å²) in [5.74, 6) is -3.34. The van der Waals surface area contributed by atoms with Crippen LogP contribution in [0.5, 0.6) is 5.75 Å². The van der Waals surface area contributed by atoms with Crippen molar-refractivity contribution in [2.75, 3.05) is 33.4 Å². The SMILES string of the molecule is CCCCN=C(N)NC(=O)C(Cc1ccc(-c2ccccc2)c(OCCCOC)c1CNCCn1cnc2ccccc21)OC(=O)C(F)(F)F. The molecule has 4 rings (SSSR count). The van der Waals surface area contributed by atoms with Gasteiger partial charge in [0.05, 0.1) is 24.0 Å². The van der Waals surface area contributed by atoms with Crippen molar-refractivity contribution in [2.24, 2.45) is 10.7 Å². The van der Waals surface area contributed by atoms with Gasteiger partial charge >= 0.3 is 12.1 Å². The van der Waals surface area contributed by atoms with Crippen molar-refractivity contribution in [3.05, 3.63) is 84.2 Å². The van der Waals surface area contributed by atoms with E-state index in [9.17, 15) is 22.8 Å². The van der Waals surface area contributed by atoms with Crippen LogP contribution in [0.2, 0.25) is 0 Å². The standard InChI is InChI=1S/C36H43F3N6O5/c1-3-4-17-42-35(40)44-33(46)31(50-34(47)36(37,38)39)22-26-15-16-27(25-11-6-5-7-12-25)32(49-21-10-20-48-2)28(26)23-41-18-19-45-24-43-29-13-8-9-14-30(29)45/h5-9,11-16,24,31,41H,3-4,10,17-23H2,1-2H3,(H3,40,42,44,46). The third kappa shape index (κ3) is 10.8. The Morgan fingerprint density at radius 2 is 1.78 bits per heavy atom. The van der Waals surface area contributed by atoms with Crippen LogP contribution >= 0.6 is 0 Å². The van der Waals surface area contributed by atoms with Crippen LogP contribution in [0.4, 0.5) is 13.2 Å². The second-order valence-electron chi connectivity index (χ2n) is 11.4. The lowest BCUT2D eigenvalue weighted by molar-refractivity contribution is -0.205. The van der Waals surface area contributed by atoms with Crippen molar-refractivity contribution in [1.82, 2.24) is 20.2 Å². The van der Waals surface area contributed by atoms with E-state index in [1.54, 1.807) is 25.6 Å². The summed E-state index contributed by atoms with van der Waals surface area (Å²) in [4.78, 5) is 33.8. The summed E-state index contributed by atoms with van der Waals surface area (Å²) in [6, 6.07) is 20.7. The van der Waals surface area contributed by atoms with Crippen LogP contribution in [0, 0.1) is 0 Å². The minimum Gasteiger partial charge on any atom is -0.493 e. The third-order valence-electron chi connectivity index (χ3n) is 7.76. The molecule has 1 aromatic heterocycles. The van der Waals surface area contributed by atoms with Gasteiger partial charge in [-0.15, -0.1) is 0 Å². The van der Waals surface area contributed by atoms with E-state index in [2.05, 4.69) is 20.6 Å². The molecule has 1 unspecified atom stereocenters. The Hall–Kier alpha value is -4.95. The highest BCUT2D eigenvalue weighted by molar-refractivity contribution is 5.99. The van der Waals surface area contributed by atoms with Crippen molar-refractivity contribution in [1.29, 1.82) is 0 Å². The molecule has 1 atom stereocenters. The number of nitrogens with two attached hydrogens (primary N) is 1. The Morgan fingerprint density at radius 3 is 2.52 bits per heavy atom. The maximum Gasteiger partial charge on any atom is 0.490 e. The maximum absolute atomic E-state index is 13.4. The first-order valence-corrected chi connectivity index (χ1v) is 16.4. The number of aromatic nitrogens is 2. The smallest absolute Gasteiger partial charge is 0.490 e. The number of carbonyl (C=O) groups excluding carboxylic acids is 2. The second kappa shape index (κ2) is 18.7. The average Bonchev–Trinajstić information content (AvgIpc) is 3.51. The Morgan fingerprint density at radius 1 is 1.02 bits per heavy atom. The number of hydrogen-bond donors (Lipinski definition) is 3. The fourth-order valence-corrected chi connectivity index (χ4v) is 5.23. The number of halogens is 3. The fraction of sp³-hybridized carbons (Fsp3) is 0.389. The van der Waals surface area contributed by atoms with E-state index >= 15 is 0 Å². The molecular formula is C36H43F3N6O5. The molecule has 0 spiro atoms. The van der Waals surface area contributed by atoms with Gasteiger partial charge < -0.3 is 29.8 Å². The van der Waals surface area contributed by atoms with Crippen LogP contribution in [-0.4, -0.2) is 73.1 Å². The number of rotatable bonds is 18. The summed E-state index contributed by atoms with van der Waals surface area (Å²) in [6.07, 6.45) is -3.77. The largest absolute Gasteiger partial charge is 0.493 e. The molecule has 0 aliphatic carbocycles. The highest BCUT2D eigenvalue weighted by atomic mass is 19.4. The number of alkyl halides is 3. The normalized spacial score (nSPS) is 12.5. The van der Waals surface area contributed by atoms with Crippen molar-refractivity contribution in [3.63, 3.8) is 0 Å². The van der Waals surface area contributed by atoms with Gasteiger partial charge in [0.1, 0.15) is 5.75 Å².